The normalized spacial score (nSPS) is 41.4. The van der Waals surface area contributed by atoms with Gasteiger partial charge in [0.25, 0.3) is 0 Å². The molecule has 1 nitrogen and oxygen atoms in total. The van der Waals surface area contributed by atoms with Crippen molar-refractivity contribution in [2.45, 2.75) is 37.9 Å². The minimum atomic E-state index is 0.308. The average molecular weight is 170 g/mol. The summed E-state index contributed by atoms with van der Waals surface area (Å²) in [4.78, 5) is 10.8. The molecular weight excluding hydrogens is 156 g/mol. The highest BCUT2D eigenvalue weighted by Gasteiger charge is 2.40. The second kappa shape index (κ2) is 2.81. The SMILES string of the molecule is CC(=O)S[C@H]1C[C@@H]2CC[C@@H]1C2. The monoisotopic (exact) mass is 170 g/mol. The molecule has 2 heteroatoms. The highest BCUT2D eigenvalue weighted by Crippen LogP contribution is 2.49. The molecule has 2 fully saturated rings. The molecule has 11 heavy (non-hydrogen) atoms. The van der Waals surface area contributed by atoms with Crippen molar-refractivity contribution in [3.05, 3.63) is 0 Å². The maximum absolute atomic E-state index is 10.8. The Morgan fingerprint density at radius 1 is 1.36 bits per heavy atom. The van der Waals surface area contributed by atoms with Gasteiger partial charge in [0.15, 0.2) is 5.12 Å². The first kappa shape index (κ1) is 7.66. The topological polar surface area (TPSA) is 17.1 Å². The lowest BCUT2D eigenvalue weighted by Gasteiger charge is -2.18. The molecule has 0 N–H and O–H groups in total. The van der Waals surface area contributed by atoms with Crippen molar-refractivity contribution in [3.63, 3.8) is 0 Å². The molecule has 0 unspecified atom stereocenters. The van der Waals surface area contributed by atoms with Crippen molar-refractivity contribution in [2.75, 3.05) is 0 Å². The molecule has 0 radical (unpaired) electrons. The van der Waals surface area contributed by atoms with Crippen LogP contribution < -0.4 is 0 Å². The average Bonchev–Trinajstić information content (AvgIpc) is 2.45. The first-order valence-corrected chi connectivity index (χ1v) is 5.31. The summed E-state index contributed by atoms with van der Waals surface area (Å²) >= 11 is 1.59. The second-order valence-corrected chi connectivity index (χ2v) is 5.24. The summed E-state index contributed by atoms with van der Waals surface area (Å²) in [5.74, 6) is 1.85. The Bertz CT molecular complexity index is 178. The Morgan fingerprint density at radius 3 is 2.64 bits per heavy atom. The van der Waals surface area contributed by atoms with Crippen molar-refractivity contribution >= 4 is 16.9 Å². The first-order valence-electron chi connectivity index (χ1n) is 4.43. The van der Waals surface area contributed by atoms with E-state index in [1.165, 1.54) is 25.7 Å². The zero-order chi connectivity index (χ0) is 7.84. The molecule has 0 heterocycles. The molecule has 0 aliphatic heterocycles. The molecule has 0 aromatic rings. The molecule has 2 aliphatic rings. The Balaban J connectivity index is 1.92. The highest BCUT2D eigenvalue weighted by atomic mass is 32.2. The maximum atomic E-state index is 10.8. The van der Waals surface area contributed by atoms with Gasteiger partial charge < -0.3 is 0 Å². The maximum Gasteiger partial charge on any atom is 0.186 e. The lowest BCUT2D eigenvalue weighted by molar-refractivity contribution is -0.109. The summed E-state index contributed by atoms with van der Waals surface area (Å²) in [6.07, 6.45) is 5.54. The lowest BCUT2D eigenvalue weighted by Crippen LogP contribution is -2.13. The Morgan fingerprint density at radius 2 is 2.18 bits per heavy atom. The predicted molar refractivity (Wildman–Crippen MR) is 47.5 cm³/mol. The van der Waals surface area contributed by atoms with Crippen LogP contribution >= 0.6 is 11.8 Å². The van der Waals surface area contributed by atoms with Crippen LogP contribution in [-0.4, -0.2) is 10.4 Å². The number of carbonyl (C=O) groups excluding carboxylic acids is 1. The van der Waals surface area contributed by atoms with Crippen LogP contribution in [0.1, 0.15) is 32.6 Å². The zero-order valence-corrected chi connectivity index (χ0v) is 7.69. The number of carbonyl (C=O) groups is 1. The molecular formula is C9H14OS. The molecule has 3 atom stereocenters. The van der Waals surface area contributed by atoms with Gasteiger partial charge in [0.1, 0.15) is 0 Å². The van der Waals surface area contributed by atoms with Gasteiger partial charge in [0.05, 0.1) is 0 Å². The molecule has 2 saturated carbocycles. The number of hydrogen-bond donors (Lipinski definition) is 0. The van der Waals surface area contributed by atoms with Crippen LogP contribution in [0.4, 0.5) is 0 Å². The lowest BCUT2D eigenvalue weighted by atomic mass is 10.0. The molecule has 0 spiro atoms. The zero-order valence-electron chi connectivity index (χ0n) is 6.88. The van der Waals surface area contributed by atoms with Crippen LogP contribution in [0.25, 0.3) is 0 Å². The van der Waals surface area contributed by atoms with Gasteiger partial charge in [0.2, 0.25) is 0 Å². The van der Waals surface area contributed by atoms with E-state index in [1.54, 1.807) is 18.7 Å². The van der Waals surface area contributed by atoms with Gasteiger partial charge in [-0.05, 0) is 31.1 Å². The molecule has 2 aliphatic carbocycles. The fourth-order valence-corrected chi connectivity index (χ4v) is 3.78. The smallest absolute Gasteiger partial charge is 0.186 e. The fraction of sp³-hybridized carbons (Fsp3) is 0.889. The first-order chi connectivity index (χ1) is 5.25. The number of fused-ring (bicyclic) bond motifs is 2. The van der Waals surface area contributed by atoms with E-state index in [0.29, 0.717) is 10.4 Å². The fourth-order valence-electron chi connectivity index (χ4n) is 2.54. The van der Waals surface area contributed by atoms with E-state index in [4.69, 9.17) is 0 Å². The minimum absolute atomic E-state index is 0.308. The van der Waals surface area contributed by atoms with Gasteiger partial charge in [-0.25, -0.2) is 0 Å². The van der Waals surface area contributed by atoms with E-state index in [0.717, 1.165) is 11.8 Å². The molecule has 0 saturated heterocycles. The van der Waals surface area contributed by atoms with E-state index in [-0.39, 0.29) is 0 Å². The van der Waals surface area contributed by atoms with Crippen molar-refractivity contribution in [1.29, 1.82) is 0 Å². The van der Waals surface area contributed by atoms with E-state index in [1.807, 2.05) is 0 Å². The minimum Gasteiger partial charge on any atom is -0.288 e. The summed E-state index contributed by atoms with van der Waals surface area (Å²) in [6.45, 7) is 1.69. The number of hydrogen-bond acceptors (Lipinski definition) is 2. The van der Waals surface area contributed by atoms with E-state index in [2.05, 4.69) is 0 Å². The standard InChI is InChI=1S/C9H14OS/c1-6(10)11-9-5-7-2-3-8(9)4-7/h7-9H,2-5H2,1H3/t7-,8-,9+/m1/s1. The van der Waals surface area contributed by atoms with Crippen molar-refractivity contribution in [2.24, 2.45) is 11.8 Å². The summed E-state index contributed by atoms with van der Waals surface area (Å²) < 4.78 is 0. The van der Waals surface area contributed by atoms with Crippen molar-refractivity contribution < 1.29 is 4.79 Å². The van der Waals surface area contributed by atoms with Crippen molar-refractivity contribution in [3.8, 4) is 0 Å². The largest absolute Gasteiger partial charge is 0.288 e. The summed E-state index contributed by atoms with van der Waals surface area (Å²) in [7, 11) is 0. The van der Waals surface area contributed by atoms with Crippen LogP contribution in [0, 0.1) is 11.8 Å². The third-order valence-corrected chi connectivity index (χ3v) is 4.20. The number of thioether (sulfide) groups is 1. The highest BCUT2D eigenvalue weighted by molar-refractivity contribution is 8.14. The summed E-state index contributed by atoms with van der Waals surface area (Å²) in [5, 5.41) is 0.994. The molecule has 2 bridgehead atoms. The van der Waals surface area contributed by atoms with Gasteiger partial charge in [-0.1, -0.05) is 18.2 Å². The molecule has 0 amide bonds. The number of rotatable bonds is 1. The Kier molecular flexibility index (Phi) is 1.96. The van der Waals surface area contributed by atoms with Crippen LogP contribution in [0.3, 0.4) is 0 Å². The van der Waals surface area contributed by atoms with Gasteiger partial charge in [-0.3, -0.25) is 4.79 Å². The van der Waals surface area contributed by atoms with Gasteiger partial charge >= 0.3 is 0 Å². The third-order valence-electron chi connectivity index (χ3n) is 2.99. The Hall–Kier alpha value is 0.0200. The second-order valence-electron chi connectivity index (χ2n) is 3.82. The summed E-state index contributed by atoms with van der Waals surface area (Å²) in [5.41, 5.74) is 0. The van der Waals surface area contributed by atoms with Crippen LogP contribution in [0.5, 0.6) is 0 Å². The van der Waals surface area contributed by atoms with E-state index >= 15 is 0 Å². The third kappa shape index (κ3) is 1.46. The molecule has 0 aromatic heterocycles. The molecule has 62 valence electrons. The van der Waals surface area contributed by atoms with E-state index < -0.39 is 0 Å². The molecule has 2 rings (SSSR count). The Labute approximate surface area is 71.9 Å². The van der Waals surface area contributed by atoms with Crippen LogP contribution in [-0.2, 0) is 4.79 Å². The van der Waals surface area contributed by atoms with Gasteiger partial charge in [-0.15, -0.1) is 0 Å². The van der Waals surface area contributed by atoms with Gasteiger partial charge in [0, 0.05) is 12.2 Å². The van der Waals surface area contributed by atoms with Crippen molar-refractivity contribution in [1.82, 2.24) is 0 Å². The van der Waals surface area contributed by atoms with Crippen LogP contribution in [0.2, 0.25) is 0 Å². The quantitative estimate of drug-likeness (QED) is 0.601. The van der Waals surface area contributed by atoms with Gasteiger partial charge in [-0.2, -0.15) is 0 Å². The van der Waals surface area contributed by atoms with Crippen LogP contribution in [0.15, 0.2) is 0 Å². The summed E-state index contributed by atoms with van der Waals surface area (Å²) in [6, 6.07) is 0. The predicted octanol–water partition coefficient (Wildman–Crippen LogP) is 2.45. The van der Waals surface area contributed by atoms with E-state index in [9.17, 15) is 4.79 Å². The molecule has 0 aromatic carbocycles.